The lowest BCUT2D eigenvalue weighted by Crippen LogP contribution is -2.58. The molecule has 0 bridgehead atoms. The third-order valence-corrected chi connectivity index (χ3v) is 5.67. The van der Waals surface area contributed by atoms with E-state index in [0.717, 1.165) is 0 Å². The number of carbonyl (C=O) groups is 6. The molecule has 16 nitrogen and oxygen atoms in total. The third kappa shape index (κ3) is 14.0. The van der Waals surface area contributed by atoms with Gasteiger partial charge < -0.3 is 49.1 Å². The van der Waals surface area contributed by atoms with Crippen LogP contribution in [-0.4, -0.2) is 82.5 Å². The van der Waals surface area contributed by atoms with Crippen LogP contribution in [0.2, 0.25) is 0 Å². The average Bonchev–Trinajstić information content (AvgIpc) is 2.83. The van der Waals surface area contributed by atoms with Gasteiger partial charge in [-0.25, -0.2) is 4.79 Å². The summed E-state index contributed by atoms with van der Waals surface area (Å²) in [7, 11) is 0. The SMILES string of the molecule is CCC(C)C(NC(=O)C(N)CCC(N)=O)C(=O)NC(CCC(=O)O)C(=O)NC(CCCN=C(N)N)C(=O)O. The minimum absolute atomic E-state index is 0.0355. The first-order valence-electron chi connectivity index (χ1n) is 12.1. The van der Waals surface area contributed by atoms with Crippen molar-refractivity contribution in [2.75, 3.05) is 6.54 Å². The molecule has 0 fully saturated rings. The van der Waals surface area contributed by atoms with Crippen LogP contribution in [0, 0.1) is 5.92 Å². The molecule has 0 aromatic carbocycles. The van der Waals surface area contributed by atoms with Gasteiger partial charge in [-0.2, -0.15) is 0 Å². The Balaban J connectivity index is 5.58. The van der Waals surface area contributed by atoms with Crippen LogP contribution in [0.1, 0.15) is 58.8 Å². The molecule has 216 valence electrons. The zero-order chi connectivity index (χ0) is 29.4. The molecular weight excluding hydrogens is 504 g/mol. The summed E-state index contributed by atoms with van der Waals surface area (Å²) in [5.74, 6) is -6.25. The highest BCUT2D eigenvalue weighted by Gasteiger charge is 2.32. The van der Waals surface area contributed by atoms with Crippen molar-refractivity contribution in [1.29, 1.82) is 0 Å². The van der Waals surface area contributed by atoms with E-state index in [1.165, 1.54) is 0 Å². The number of aliphatic imine (C=N–C) groups is 1. The highest BCUT2D eigenvalue weighted by atomic mass is 16.4. The molecule has 0 heterocycles. The van der Waals surface area contributed by atoms with E-state index in [4.69, 9.17) is 28.0 Å². The summed E-state index contributed by atoms with van der Waals surface area (Å²) in [6.45, 7) is 3.56. The lowest BCUT2D eigenvalue weighted by molar-refractivity contribution is -0.143. The van der Waals surface area contributed by atoms with Gasteiger partial charge in [-0.15, -0.1) is 0 Å². The van der Waals surface area contributed by atoms with Crippen molar-refractivity contribution in [1.82, 2.24) is 16.0 Å². The predicted octanol–water partition coefficient (Wildman–Crippen LogP) is -2.92. The number of aliphatic carboxylic acids is 2. The quantitative estimate of drug-likeness (QED) is 0.0450. The van der Waals surface area contributed by atoms with Crippen LogP contribution in [-0.2, 0) is 28.8 Å². The van der Waals surface area contributed by atoms with Crippen molar-refractivity contribution < 1.29 is 39.0 Å². The van der Waals surface area contributed by atoms with Gasteiger partial charge in [0.2, 0.25) is 23.6 Å². The molecule has 0 radical (unpaired) electrons. The molecule has 0 rings (SSSR count). The van der Waals surface area contributed by atoms with E-state index in [2.05, 4.69) is 20.9 Å². The molecule has 4 amide bonds. The van der Waals surface area contributed by atoms with Crippen molar-refractivity contribution in [3.05, 3.63) is 0 Å². The van der Waals surface area contributed by atoms with E-state index in [0.29, 0.717) is 6.42 Å². The molecule has 0 saturated heterocycles. The van der Waals surface area contributed by atoms with Crippen LogP contribution in [0.15, 0.2) is 4.99 Å². The van der Waals surface area contributed by atoms with Gasteiger partial charge >= 0.3 is 11.9 Å². The molecule has 38 heavy (non-hydrogen) atoms. The fourth-order valence-electron chi connectivity index (χ4n) is 3.22. The zero-order valence-corrected chi connectivity index (χ0v) is 21.6. The molecule has 5 unspecified atom stereocenters. The molecule has 5 atom stereocenters. The van der Waals surface area contributed by atoms with Crippen molar-refractivity contribution in [3.63, 3.8) is 0 Å². The molecule has 0 aliphatic heterocycles. The molecule has 0 aromatic rings. The highest BCUT2D eigenvalue weighted by molar-refractivity contribution is 5.94. The van der Waals surface area contributed by atoms with E-state index in [-0.39, 0.29) is 44.6 Å². The second-order valence-electron chi connectivity index (χ2n) is 8.83. The van der Waals surface area contributed by atoms with Crippen LogP contribution >= 0.6 is 0 Å². The summed E-state index contributed by atoms with van der Waals surface area (Å²) < 4.78 is 0. The number of nitrogens with two attached hydrogens (primary N) is 4. The van der Waals surface area contributed by atoms with Gasteiger partial charge in [-0.3, -0.25) is 29.0 Å². The van der Waals surface area contributed by atoms with Crippen LogP contribution in [0.5, 0.6) is 0 Å². The Morgan fingerprint density at radius 1 is 0.816 bits per heavy atom. The van der Waals surface area contributed by atoms with Gasteiger partial charge in [0.25, 0.3) is 0 Å². The first kappa shape index (κ1) is 34.0. The molecule has 13 N–H and O–H groups in total. The highest BCUT2D eigenvalue weighted by Crippen LogP contribution is 2.11. The first-order chi connectivity index (χ1) is 17.7. The number of carbonyl (C=O) groups excluding carboxylic acids is 4. The first-order valence-corrected chi connectivity index (χ1v) is 12.1. The lowest BCUT2D eigenvalue weighted by atomic mass is 9.96. The largest absolute Gasteiger partial charge is 0.481 e. The fraction of sp³-hybridized carbons (Fsp3) is 0.682. The van der Waals surface area contributed by atoms with Gasteiger partial charge in [0, 0.05) is 19.4 Å². The van der Waals surface area contributed by atoms with E-state index < -0.39 is 72.1 Å². The number of carboxylic acids is 2. The summed E-state index contributed by atoms with van der Waals surface area (Å²) in [6, 6.07) is -5.04. The van der Waals surface area contributed by atoms with E-state index in [9.17, 15) is 33.9 Å². The molecule has 0 aromatic heterocycles. The number of guanidine groups is 1. The van der Waals surface area contributed by atoms with Crippen LogP contribution in [0.25, 0.3) is 0 Å². The number of primary amides is 1. The van der Waals surface area contributed by atoms with Gasteiger partial charge in [-0.1, -0.05) is 20.3 Å². The van der Waals surface area contributed by atoms with Gasteiger partial charge in [0.15, 0.2) is 5.96 Å². The number of rotatable bonds is 19. The number of hydrogen-bond acceptors (Lipinski definition) is 8. The maximum Gasteiger partial charge on any atom is 0.326 e. The van der Waals surface area contributed by atoms with E-state index in [1.807, 2.05) is 0 Å². The number of nitrogens with zero attached hydrogens (tertiary/aromatic N) is 1. The minimum atomic E-state index is -1.41. The van der Waals surface area contributed by atoms with Crippen molar-refractivity contribution in [3.8, 4) is 0 Å². The number of hydrogen-bond donors (Lipinski definition) is 9. The average molecular weight is 545 g/mol. The Bertz CT molecular complexity index is 877. The summed E-state index contributed by atoms with van der Waals surface area (Å²) in [5.41, 5.74) is 21.3. The standard InChI is InChI=1S/C22H40N8O8/c1-3-11(2)17(30-18(34)12(23)6-8-15(24)31)20(36)28-13(7-9-16(32)33)19(35)29-14(21(37)38)5-4-10-27-22(25)26/h11-14,17H,3-10,23H2,1-2H3,(H2,24,31)(H,28,36)(H,29,35)(H,30,34)(H,32,33)(H,37,38)(H4,25,26,27). The smallest absolute Gasteiger partial charge is 0.326 e. The molecule has 0 aliphatic rings. The van der Waals surface area contributed by atoms with Gasteiger partial charge in [0.05, 0.1) is 6.04 Å². The maximum absolute atomic E-state index is 13.1. The molecular formula is C22H40N8O8. The molecule has 0 spiro atoms. The second kappa shape index (κ2) is 17.5. The van der Waals surface area contributed by atoms with Crippen molar-refractivity contribution in [2.24, 2.45) is 33.8 Å². The second-order valence-corrected chi connectivity index (χ2v) is 8.83. The summed E-state index contributed by atoms with van der Waals surface area (Å²) in [4.78, 5) is 75.9. The summed E-state index contributed by atoms with van der Waals surface area (Å²) >= 11 is 0. The minimum Gasteiger partial charge on any atom is -0.481 e. The Morgan fingerprint density at radius 3 is 1.92 bits per heavy atom. The Kier molecular flexibility index (Phi) is 15.7. The Morgan fingerprint density at radius 2 is 1.42 bits per heavy atom. The van der Waals surface area contributed by atoms with Crippen LogP contribution in [0.3, 0.4) is 0 Å². The van der Waals surface area contributed by atoms with Crippen molar-refractivity contribution in [2.45, 2.75) is 83.0 Å². The summed E-state index contributed by atoms with van der Waals surface area (Å²) in [5, 5.41) is 25.7. The fourth-order valence-corrected chi connectivity index (χ4v) is 3.22. The topological polar surface area (TPSA) is 295 Å². The predicted molar refractivity (Wildman–Crippen MR) is 136 cm³/mol. The van der Waals surface area contributed by atoms with Crippen LogP contribution < -0.4 is 38.9 Å². The van der Waals surface area contributed by atoms with Gasteiger partial charge in [0.1, 0.15) is 18.1 Å². The number of nitrogens with one attached hydrogen (secondary N) is 3. The Labute approximate surface area is 220 Å². The summed E-state index contributed by atoms with van der Waals surface area (Å²) in [6.07, 6.45) is -0.392. The number of carboxylic acid groups (broad SMARTS) is 2. The maximum atomic E-state index is 13.1. The normalized spacial score (nSPS) is 14.6. The van der Waals surface area contributed by atoms with Crippen molar-refractivity contribution >= 4 is 41.5 Å². The third-order valence-electron chi connectivity index (χ3n) is 5.67. The molecule has 0 saturated carbocycles. The monoisotopic (exact) mass is 544 g/mol. The molecule has 16 heteroatoms. The lowest BCUT2D eigenvalue weighted by Gasteiger charge is -2.28. The van der Waals surface area contributed by atoms with E-state index in [1.54, 1.807) is 13.8 Å². The Hall–Kier alpha value is -3.95. The molecule has 0 aliphatic carbocycles. The van der Waals surface area contributed by atoms with E-state index >= 15 is 0 Å². The zero-order valence-electron chi connectivity index (χ0n) is 21.6. The van der Waals surface area contributed by atoms with Gasteiger partial charge in [-0.05, 0) is 31.6 Å². The van der Waals surface area contributed by atoms with Crippen LogP contribution in [0.4, 0.5) is 0 Å². The number of amides is 4.